The van der Waals surface area contributed by atoms with Gasteiger partial charge >= 0.3 is 5.97 Å². The first-order valence-electron chi connectivity index (χ1n) is 10.5. The Kier molecular flexibility index (Phi) is 4.49. The maximum absolute atomic E-state index is 15.0. The van der Waals surface area contributed by atoms with E-state index in [1.807, 2.05) is 0 Å². The Morgan fingerprint density at radius 3 is 2.54 bits per heavy atom. The summed E-state index contributed by atoms with van der Waals surface area (Å²) in [5.41, 5.74) is -1.28. The fraction of sp³-hybridized carbons (Fsp3) is 0.783. The number of hydrogen-bond acceptors (Lipinski definition) is 4. The van der Waals surface area contributed by atoms with Crippen molar-refractivity contribution >= 4 is 5.97 Å². The second-order valence-corrected chi connectivity index (χ2v) is 9.94. The molecule has 2 N–H and O–H groups in total. The third-order valence-electron chi connectivity index (χ3n) is 8.90. The van der Waals surface area contributed by atoms with Crippen molar-refractivity contribution in [2.75, 3.05) is 0 Å². The van der Waals surface area contributed by atoms with E-state index in [4.69, 9.17) is 11.2 Å². The van der Waals surface area contributed by atoms with Crippen LogP contribution < -0.4 is 0 Å². The zero-order chi connectivity index (χ0) is 20.5. The molecule has 0 bridgehead atoms. The second kappa shape index (κ2) is 6.31. The molecule has 0 saturated heterocycles. The average Bonchev–Trinajstić information content (AvgIpc) is 2.91. The zero-order valence-corrected chi connectivity index (χ0v) is 17.0. The monoisotopic (exact) mass is 390 g/mol. The molecular formula is C23H31FO4. The van der Waals surface area contributed by atoms with Crippen LogP contribution in [-0.2, 0) is 9.53 Å². The van der Waals surface area contributed by atoms with Gasteiger partial charge in [-0.3, -0.25) is 4.79 Å². The predicted octanol–water partition coefficient (Wildman–Crippen LogP) is 3.51. The van der Waals surface area contributed by atoms with Crippen LogP contribution in [-0.4, -0.2) is 34.0 Å². The molecule has 4 aliphatic rings. The summed E-state index contributed by atoms with van der Waals surface area (Å²) >= 11 is 0. The van der Waals surface area contributed by atoms with Crippen molar-refractivity contribution in [3.05, 3.63) is 11.4 Å². The molecule has 5 heteroatoms. The molecule has 0 aromatic heterocycles. The van der Waals surface area contributed by atoms with Crippen LogP contribution in [0.15, 0.2) is 11.4 Å². The van der Waals surface area contributed by atoms with Crippen LogP contribution in [0.25, 0.3) is 0 Å². The molecule has 3 saturated carbocycles. The molecule has 3 fully saturated rings. The third kappa shape index (κ3) is 2.47. The second-order valence-electron chi connectivity index (χ2n) is 9.94. The minimum Gasteiger partial charge on any atom is -0.462 e. The Labute approximate surface area is 166 Å². The molecule has 0 aromatic carbocycles. The standard InChI is InChI=1S/C23H31FO4/c1-5-23(27)11-7-15-19-14(6-10-22(15,23)4)21(3)9-8-17(26)20(24)16(21)12-18(19)28-13(2)25/h1,14-15,17-19,26-27H,6-12H2,2-4H3/t14-,15+,17?,18?,19-,21-,22+,23?/m1/s1. The fourth-order valence-corrected chi connectivity index (χ4v) is 7.31. The lowest BCUT2D eigenvalue weighted by atomic mass is 9.45. The lowest BCUT2D eigenvalue weighted by molar-refractivity contribution is -0.172. The summed E-state index contributed by atoms with van der Waals surface area (Å²) in [7, 11) is 0. The summed E-state index contributed by atoms with van der Waals surface area (Å²) in [6, 6.07) is 0. The van der Waals surface area contributed by atoms with Crippen LogP contribution in [0.1, 0.15) is 65.7 Å². The molecule has 0 heterocycles. The summed E-state index contributed by atoms with van der Waals surface area (Å²) in [6.45, 7) is 5.57. The number of ether oxygens (including phenoxy) is 1. The highest BCUT2D eigenvalue weighted by Gasteiger charge is 2.66. The lowest BCUT2D eigenvalue weighted by Gasteiger charge is -2.60. The highest BCUT2D eigenvalue weighted by Crippen LogP contribution is 2.68. The van der Waals surface area contributed by atoms with Crippen molar-refractivity contribution in [3.8, 4) is 12.3 Å². The number of hydrogen-bond donors (Lipinski definition) is 2. The van der Waals surface area contributed by atoms with E-state index in [1.165, 1.54) is 6.92 Å². The zero-order valence-electron chi connectivity index (χ0n) is 17.0. The van der Waals surface area contributed by atoms with E-state index in [1.54, 1.807) is 0 Å². The Bertz CT molecular complexity index is 769. The van der Waals surface area contributed by atoms with Gasteiger partial charge in [-0.25, -0.2) is 4.39 Å². The van der Waals surface area contributed by atoms with E-state index in [9.17, 15) is 19.4 Å². The number of rotatable bonds is 1. The van der Waals surface area contributed by atoms with Gasteiger partial charge in [0.25, 0.3) is 0 Å². The first-order chi connectivity index (χ1) is 13.1. The molecular weight excluding hydrogens is 359 g/mol. The number of esters is 1. The molecule has 0 aliphatic heterocycles. The molecule has 0 radical (unpaired) electrons. The number of fused-ring (bicyclic) bond motifs is 5. The van der Waals surface area contributed by atoms with Gasteiger partial charge in [0.15, 0.2) is 0 Å². The van der Waals surface area contributed by atoms with Crippen LogP contribution in [0.5, 0.6) is 0 Å². The van der Waals surface area contributed by atoms with Crippen LogP contribution in [0.4, 0.5) is 4.39 Å². The molecule has 0 aromatic rings. The van der Waals surface area contributed by atoms with Crippen LogP contribution >= 0.6 is 0 Å². The number of carbonyl (C=O) groups excluding carboxylic acids is 1. The van der Waals surface area contributed by atoms with Gasteiger partial charge in [-0.15, -0.1) is 6.42 Å². The van der Waals surface area contributed by atoms with Gasteiger partial charge in [-0.05, 0) is 61.3 Å². The SMILES string of the molecule is C#CC1(O)CC[C@H]2[C@@H]3C(OC(C)=O)CC4=C(F)C(O)CC[C@]4(C)[C@@H]3CC[C@@]21C. The number of carbonyl (C=O) groups is 1. The number of aliphatic hydroxyl groups excluding tert-OH is 1. The van der Waals surface area contributed by atoms with E-state index in [2.05, 4.69) is 19.8 Å². The predicted molar refractivity (Wildman–Crippen MR) is 102 cm³/mol. The van der Waals surface area contributed by atoms with E-state index in [-0.39, 0.29) is 29.1 Å². The van der Waals surface area contributed by atoms with Gasteiger partial charge in [0.2, 0.25) is 0 Å². The number of terminal acetylenes is 1. The molecule has 3 unspecified atom stereocenters. The van der Waals surface area contributed by atoms with Gasteiger partial charge in [-0.1, -0.05) is 19.8 Å². The normalized spacial score (nSPS) is 50.2. The molecule has 4 aliphatic carbocycles. The first-order valence-corrected chi connectivity index (χ1v) is 10.5. The average molecular weight is 390 g/mol. The summed E-state index contributed by atoms with van der Waals surface area (Å²) in [5.74, 6) is 2.18. The van der Waals surface area contributed by atoms with E-state index < -0.39 is 29.1 Å². The van der Waals surface area contributed by atoms with Crippen molar-refractivity contribution < 1.29 is 24.1 Å². The summed E-state index contributed by atoms with van der Waals surface area (Å²) < 4.78 is 20.7. The topological polar surface area (TPSA) is 66.8 Å². The van der Waals surface area contributed by atoms with Gasteiger partial charge in [0.05, 0.1) is 0 Å². The highest BCUT2D eigenvalue weighted by molar-refractivity contribution is 5.66. The van der Waals surface area contributed by atoms with Gasteiger partial charge in [0.1, 0.15) is 23.6 Å². The molecule has 154 valence electrons. The summed E-state index contributed by atoms with van der Waals surface area (Å²) in [5, 5.41) is 21.2. The maximum Gasteiger partial charge on any atom is 0.302 e. The third-order valence-corrected chi connectivity index (χ3v) is 8.90. The van der Waals surface area contributed by atoms with Crippen molar-refractivity contribution in [3.63, 3.8) is 0 Å². The quantitative estimate of drug-likeness (QED) is 0.531. The van der Waals surface area contributed by atoms with Crippen molar-refractivity contribution in [2.45, 2.75) is 83.5 Å². The molecule has 4 rings (SSSR count). The first kappa shape index (κ1) is 19.9. The maximum atomic E-state index is 15.0. The molecule has 8 atom stereocenters. The Morgan fingerprint density at radius 1 is 1.21 bits per heavy atom. The van der Waals surface area contributed by atoms with Gasteiger partial charge in [0, 0.05) is 24.7 Å². The molecule has 0 spiro atoms. The van der Waals surface area contributed by atoms with E-state index in [0.29, 0.717) is 24.8 Å². The number of aliphatic hydroxyl groups is 2. The van der Waals surface area contributed by atoms with Crippen LogP contribution in [0.2, 0.25) is 0 Å². The van der Waals surface area contributed by atoms with Crippen LogP contribution in [0.3, 0.4) is 0 Å². The molecule has 28 heavy (non-hydrogen) atoms. The Hall–Kier alpha value is -1.38. The van der Waals surface area contributed by atoms with E-state index in [0.717, 1.165) is 25.7 Å². The van der Waals surface area contributed by atoms with Crippen LogP contribution in [0, 0.1) is 40.9 Å². The van der Waals surface area contributed by atoms with Crippen molar-refractivity contribution in [1.29, 1.82) is 0 Å². The van der Waals surface area contributed by atoms with Gasteiger partial charge < -0.3 is 14.9 Å². The summed E-state index contributed by atoms with van der Waals surface area (Å²) in [4.78, 5) is 11.9. The minimum atomic E-state index is -1.14. The highest BCUT2D eigenvalue weighted by atomic mass is 19.1. The fourth-order valence-electron chi connectivity index (χ4n) is 7.31. The van der Waals surface area contributed by atoms with Crippen molar-refractivity contribution in [2.24, 2.45) is 28.6 Å². The number of halogens is 1. The summed E-state index contributed by atoms with van der Waals surface area (Å²) in [6.07, 6.45) is 8.64. The molecule has 4 nitrogen and oxygen atoms in total. The van der Waals surface area contributed by atoms with E-state index >= 15 is 0 Å². The minimum absolute atomic E-state index is 0.0433. The largest absolute Gasteiger partial charge is 0.462 e. The molecule has 0 amide bonds. The Balaban J connectivity index is 1.80. The Morgan fingerprint density at radius 2 is 1.89 bits per heavy atom. The van der Waals surface area contributed by atoms with Crippen molar-refractivity contribution in [1.82, 2.24) is 0 Å². The lowest BCUT2D eigenvalue weighted by Crippen LogP contribution is -2.59. The smallest absolute Gasteiger partial charge is 0.302 e. The van der Waals surface area contributed by atoms with Gasteiger partial charge in [-0.2, -0.15) is 0 Å².